The van der Waals surface area contributed by atoms with Crippen molar-refractivity contribution in [3.63, 3.8) is 0 Å². The number of morpholine rings is 1. The van der Waals surface area contributed by atoms with Gasteiger partial charge in [0.2, 0.25) is 5.91 Å². The summed E-state index contributed by atoms with van der Waals surface area (Å²) in [5.74, 6) is -0.372. The van der Waals surface area contributed by atoms with Crippen molar-refractivity contribution in [3.05, 3.63) is 54.1 Å². The molecule has 2 aliphatic heterocycles. The minimum atomic E-state index is -0.535. The van der Waals surface area contributed by atoms with Crippen LogP contribution in [0.4, 0.5) is 17.1 Å². The number of nitrogens with one attached hydrogen (secondary N) is 1. The minimum absolute atomic E-state index is 0.166. The lowest BCUT2D eigenvalue weighted by Crippen LogP contribution is -2.36. The maximum absolute atomic E-state index is 12.8. The van der Waals surface area contributed by atoms with Gasteiger partial charge in [0.05, 0.1) is 25.3 Å². The van der Waals surface area contributed by atoms with Crippen molar-refractivity contribution in [2.75, 3.05) is 41.4 Å². The highest BCUT2D eigenvalue weighted by atomic mass is 16.5. The molecule has 6 nitrogen and oxygen atoms in total. The van der Waals surface area contributed by atoms with Gasteiger partial charge in [0.1, 0.15) is 6.04 Å². The van der Waals surface area contributed by atoms with Gasteiger partial charge in [0, 0.05) is 24.5 Å². The van der Waals surface area contributed by atoms with E-state index >= 15 is 0 Å². The molecule has 0 aliphatic carbocycles. The Kier molecular flexibility index (Phi) is 5.30. The highest BCUT2D eigenvalue weighted by molar-refractivity contribution is 6.23. The Balaban J connectivity index is 1.43. The van der Waals surface area contributed by atoms with Gasteiger partial charge >= 0.3 is 0 Å². The lowest BCUT2D eigenvalue weighted by atomic mass is 10.1. The molecule has 0 aromatic heterocycles. The number of ether oxygens (including phenoxy) is 1. The number of benzene rings is 2. The number of imide groups is 1. The van der Waals surface area contributed by atoms with Crippen LogP contribution in [0.25, 0.3) is 0 Å². The summed E-state index contributed by atoms with van der Waals surface area (Å²) in [6, 6.07) is 15.1. The van der Waals surface area contributed by atoms with Crippen LogP contribution in [0, 0.1) is 0 Å². The van der Waals surface area contributed by atoms with Crippen LogP contribution in [0.15, 0.2) is 48.5 Å². The number of amides is 2. The van der Waals surface area contributed by atoms with Crippen molar-refractivity contribution in [3.8, 4) is 0 Å². The number of hydrogen-bond donors (Lipinski definition) is 1. The first kappa shape index (κ1) is 18.5. The van der Waals surface area contributed by atoms with Crippen molar-refractivity contribution < 1.29 is 14.3 Å². The smallest absolute Gasteiger partial charge is 0.256 e. The summed E-state index contributed by atoms with van der Waals surface area (Å²) in [4.78, 5) is 28.8. The number of hydrogen-bond acceptors (Lipinski definition) is 5. The second-order valence-electron chi connectivity index (χ2n) is 7.13. The first-order valence-corrected chi connectivity index (χ1v) is 9.81. The van der Waals surface area contributed by atoms with Crippen LogP contribution >= 0.6 is 0 Å². The number of carbonyl (C=O) groups is 2. The van der Waals surface area contributed by atoms with E-state index < -0.39 is 6.04 Å². The molecular formula is C22H25N3O3. The summed E-state index contributed by atoms with van der Waals surface area (Å²) in [7, 11) is 0. The van der Waals surface area contributed by atoms with Crippen LogP contribution in [0.1, 0.15) is 18.9 Å². The van der Waals surface area contributed by atoms with Crippen molar-refractivity contribution in [2.45, 2.75) is 25.8 Å². The molecule has 2 aromatic carbocycles. The Hall–Kier alpha value is -2.86. The van der Waals surface area contributed by atoms with Gasteiger partial charge in [0.25, 0.3) is 5.91 Å². The molecule has 2 aliphatic rings. The number of rotatable bonds is 5. The van der Waals surface area contributed by atoms with Crippen LogP contribution in [-0.2, 0) is 20.7 Å². The largest absolute Gasteiger partial charge is 0.378 e. The molecule has 2 saturated heterocycles. The van der Waals surface area contributed by atoms with Crippen LogP contribution < -0.4 is 15.1 Å². The zero-order chi connectivity index (χ0) is 19.5. The molecule has 2 aromatic rings. The van der Waals surface area contributed by atoms with Crippen LogP contribution in [0.5, 0.6) is 0 Å². The van der Waals surface area contributed by atoms with E-state index in [2.05, 4.69) is 17.1 Å². The fraction of sp³-hybridized carbons (Fsp3) is 0.364. The Morgan fingerprint density at radius 1 is 0.964 bits per heavy atom. The average molecular weight is 379 g/mol. The fourth-order valence-corrected chi connectivity index (χ4v) is 3.69. The molecular weight excluding hydrogens is 354 g/mol. The predicted octanol–water partition coefficient (Wildman–Crippen LogP) is 2.83. The molecule has 1 N–H and O–H groups in total. The number of anilines is 3. The van der Waals surface area contributed by atoms with Crippen LogP contribution in [0.2, 0.25) is 0 Å². The summed E-state index contributed by atoms with van der Waals surface area (Å²) in [6.07, 6.45) is 1.09. The molecule has 0 radical (unpaired) electrons. The Bertz CT molecular complexity index is 842. The second-order valence-corrected chi connectivity index (χ2v) is 7.13. The van der Waals surface area contributed by atoms with E-state index in [0.29, 0.717) is 5.69 Å². The van der Waals surface area contributed by atoms with Gasteiger partial charge in [-0.25, -0.2) is 4.90 Å². The fourth-order valence-electron chi connectivity index (χ4n) is 3.69. The molecule has 0 bridgehead atoms. The molecule has 28 heavy (non-hydrogen) atoms. The summed E-state index contributed by atoms with van der Waals surface area (Å²) < 4.78 is 5.39. The third kappa shape index (κ3) is 3.73. The topological polar surface area (TPSA) is 61.9 Å². The van der Waals surface area contributed by atoms with Gasteiger partial charge in [-0.15, -0.1) is 0 Å². The second kappa shape index (κ2) is 8.02. The van der Waals surface area contributed by atoms with Crippen molar-refractivity contribution in [1.29, 1.82) is 0 Å². The summed E-state index contributed by atoms with van der Waals surface area (Å²) in [5, 5.41) is 3.22. The number of nitrogens with zero attached hydrogens (tertiary/aromatic N) is 2. The quantitative estimate of drug-likeness (QED) is 0.810. The van der Waals surface area contributed by atoms with Gasteiger partial charge in [-0.2, -0.15) is 0 Å². The van der Waals surface area contributed by atoms with Gasteiger partial charge < -0.3 is 15.0 Å². The van der Waals surface area contributed by atoms with Gasteiger partial charge in [-0.1, -0.05) is 19.1 Å². The first-order chi connectivity index (χ1) is 13.7. The molecule has 2 fully saturated rings. The van der Waals surface area contributed by atoms with E-state index in [1.807, 2.05) is 48.5 Å². The first-order valence-electron chi connectivity index (χ1n) is 9.81. The Labute approximate surface area is 165 Å². The highest BCUT2D eigenvalue weighted by Gasteiger charge is 2.39. The molecule has 0 spiro atoms. The molecule has 2 heterocycles. The lowest BCUT2D eigenvalue weighted by molar-refractivity contribution is -0.121. The average Bonchev–Trinajstić information content (AvgIpc) is 3.02. The van der Waals surface area contributed by atoms with E-state index in [1.165, 1.54) is 10.5 Å². The van der Waals surface area contributed by atoms with E-state index in [1.54, 1.807) is 0 Å². The van der Waals surface area contributed by atoms with E-state index in [0.717, 1.165) is 44.1 Å². The zero-order valence-electron chi connectivity index (χ0n) is 16.1. The van der Waals surface area contributed by atoms with Gasteiger partial charge in [-0.3, -0.25) is 9.59 Å². The van der Waals surface area contributed by atoms with Crippen molar-refractivity contribution in [2.24, 2.45) is 0 Å². The normalized spacial score (nSPS) is 20.0. The van der Waals surface area contributed by atoms with E-state index in [9.17, 15) is 9.59 Å². The lowest BCUT2D eigenvalue weighted by Gasteiger charge is -2.29. The predicted molar refractivity (Wildman–Crippen MR) is 110 cm³/mol. The minimum Gasteiger partial charge on any atom is -0.378 e. The Morgan fingerprint density at radius 3 is 2.25 bits per heavy atom. The van der Waals surface area contributed by atoms with Gasteiger partial charge in [-0.05, 0) is 48.4 Å². The molecule has 0 unspecified atom stereocenters. The third-order valence-electron chi connectivity index (χ3n) is 5.33. The van der Waals surface area contributed by atoms with Crippen LogP contribution in [-0.4, -0.2) is 44.2 Å². The molecule has 0 saturated carbocycles. The summed E-state index contributed by atoms with van der Waals surface area (Å²) in [6.45, 7) is 5.33. The van der Waals surface area contributed by atoms with Crippen LogP contribution in [0.3, 0.4) is 0 Å². The number of carbonyl (C=O) groups excluding carboxylic acids is 2. The monoisotopic (exact) mass is 379 g/mol. The standard InChI is InChI=1S/C22H25N3O3/c1-2-16-3-7-19(8-4-16)25-21(26)15-20(22(25)27)23-17-5-9-18(10-6-17)24-11-13-28-14-12-24/h3-10,20,23H,2,11-15H2,1H3/t20-/m1/s1. The van der Waals surface area contributed by atoms with E-state index in [-0.39, 0.29) is 18.2 Å². The van der Waals surface area contributed by atoms with Gasteiger partial charge in [0.15, 0.2) is 0 Å². The zero-order valence-corrected chi connectivity index (χ0v) is 16.1. The molecule has 6 heteroatoms. The summed E-state index contributed by atoms with van der Waals surface area (Å²) >= 11 is 0. The maximum atomic E-state index is 12.8. The molecule has 1 atom stereocenters. The highest BCUT2D eigenvalue weighted by Crippen LogP contribution is 2.26. The molecule has 2 amide bonds. The molecule has 4 rings (SSSR count). The summed E-state index contributed by atoms with van der Waals surface area (Å²) in [5.41, 5.74) is 3.80. The number of aryl methyl sites for hydroxylation is 1. The SMILES string of the molecule is CCc1ccc(N2C(=O)C[C@@H](Nc3ccc(N4CCOCC4)cc3)C2=O)cc1. The molecule has 146 valence electrons. The van der Waals surface area contributed by atoms with E-state index in [4.69, 9.17) is 4.74 Å². The van der Waals surface area contributed by atoms with Crippen molar-refractivity contribution >= 4 is 28.9 Å². The van der Waals surface area contributed by atoms with Crippen molar-refractivity contribution in [1.82, 2.24) is 0 Å². The maximum Gasteiger partial charge on any atom is 0.256 e. The third-order valence-corrected chi connectivity index (χ3v) is 5.33. The Morgan fingerprint density at radius 2 is 1.61 bits per heavy atom.